The van der Waals surface area contributed by atoms with Crippen molar-refractivity contribution in [3.63, 3.8) is 0 Å². The number of aliphatic imine (C=N–C) groups is 1. The van der Waals surface area contributed by atoms with Crippen LogP contribution >= 0.6 is 24.0 Å². The van der Waals surface area contributed by atoms with Gasteiger partial charge in [-0.2, -0.15) is 0 Å². The molecule has 0 spiro atoms. The summed E-state index contributed by atoms with van der Waals surface area (Å²) in [5.74, 6) is 1.13. The van der Waals surface area contributed by atoms with Gasteiger partial charge >= 0.3 is 0 Å². The predicted molar refractivity (Wildman–Crippen MR) is 141 cm³/mol. The lowest BCUT2D eigenvalue weighted by Crippen LogP contribution is -2.45. The number of guanidine groups is 1. The summed E-state index contributed by atoms with van der Waals surface area (Å²) in [6.45, 7) is 5.44. The molecule has 1 unspecified atom stereocenters. The quantitative estimate of drug-likeness (QED) is 0.188. The summed E-state index contributed by atoms with van der Waals surface area (Å²) in [7, 11) is 1.69. The number of hydrogen-bond acceptors (Lipinski definition) is 4. The van der Waals surface area contributed by atoms with Crippen molar-refractivity contribution in [3.05, 3.63) is 59.9 Å². The van der Waals surface area contributed by atoms with Crippen LogP contribution in [-0.4, -0.2) is 57.7 Å². The highest BCUT2D eigenvalue weighted by atomic mass is 127. The van der Waals surface area contributed by atoms with E-state index in [9.17, 15) is 9.18 Å². The van der Waals surface area contributed by atoms with Crippen LogP contribution in [0.5, 0.6) is 5.75 Å². The summed E-state index contributed by atoms with van der Waals surface area (Å²) < 4.78 is 18.7. The number of nitrogens with one attached hydrogen (secondary N) is 3. The predicted octanol–water partition coefficient (Wildman–Crippen LogP) is 2.95. The Hall–Kier alpha value is -2.56. The summed E-state index contributed by atoms with van der Waals surface area (Å²) in [6, 6.07) is 14.4. The maximum absolute atomic E-state index is 13.2. The first-order chi connectivity index (χ1) is 15.6. The van der Waals surface area contributed by atoms with E-state index in [2.05, 4.69) is 31.9 Å². The summed E-state index contributed by atoms with van der Waals surface area (Å²) in [6.07, 6.45) is 1.15. The molecular formula is C24H33FIN5O2. The van der Waals surface area contributed by atoms with Gasteiger partial charge in [-0.3, -0.25) is 9.79 Å². The largest absolute Gasteiger partial charge is 0.495 e. The van der Waals surface area contributed by atoms with E-state index in [-0.39, 0.29) is 48.2 Å². The summed E-state index contributed by atoms with van der Waals surface area (Å²) in [4.78, 5) is 19.0. The van der Waals surface area contributed by atoms with Gasteiger partial charge in [-0.1, -0.05) is 24.3 Å². The Morgan fingerprint density at radius 2 is 2.03 bits per heavy atom. The molecule has 0 bridgehead atoms. The Morgan fingerprint density at radius 3 is 2.79 bits per heavy atom. The molecule has 3 rings (SSSR count). The van der Waals surface area contributed by atoms with Gasteiger partial charge in [0.25, 0.3) is 0 Å². The lowest BCUT2D eigenvalue weighted by atomic mass is 10.1. The van der Waals surface area contributed by atoms with E-state index in [4.69, 9.17) is 4.74 Å². The number of anilines is 1. The molecule has 0 radical (unpaired) electrons. The van der Waals surface area contributed by atoms with Crippen LogP contribution in [0.1, 0.15) is 18.9 Å². The van der Waals surface area contributed by atoms with E-state index in [0.717, 1.165) is 43.5 Å². The number of methoxy groups -OCH3 is 1. The van der Waals surface area contributed by atoms with Crippen molar-refractivity contribution in [2.24, 2.45) is 4.99 Å². The zero-order valence-corrected chi connectivity index (χ0v) is 21.5. The molecule has 33 heavy (non-hydrogen) atoms. The standard InChI is InChI=1S/C24H32FN5O2.HI/c1-3-26-24(28-13-12-27-23(31)16-18-7-6-8-19(25)15-18)29-20-11-14-30(17-20)21-9-4-5-10-22(21)32-2;/h4-10,15,20H,3,11-14,16-17H2,1-2H3,(H,27,31)(H2,26,28,29);1H. The third-order valence-corrected chi connectivity index (χ3v) is 5.26. The lowest BCUT2D eigenvalue weighted by Gasteiger charge is -2.22. The zero-order valence-electron chi connectivity index (χ0n) is 19.1. The van der Waals surface area contributed by atoms with Crippen LogP contribution < -0.4 is 25.6 Å². The van der Waals surface area contributed by atoms with Crippen LogP contribution in [0.2, 0.25) is 0 Å². The van der Waals surface area contributed by atoms with Gasteiger partial charge in [-0.25, -0.2) is 4.39 Å². The second-order valence-corrected chi connectivity index (χ2v) is 7.67. The Kier molecular flexibility index (Phi) is 11.2. The number of hydrogen-bond donors (Lipinski definition) is 3. The number of nitrogens with zero attached hydrogens (tertiary/aromatic N) is 2. The molecule has 2 aromatic rings. The highest BCUT2D eigenvalue weighted by molar-refractivity contribution is 14.0. The van der Waals surface area contributed by atoms with Crippen molar-refractivity contribution >= 4 is 41.5 Å². The molecule has 0 aliphatic carbocycles. The molecule has 3 N–H and O–H groups in total. The Morgan fingerprint density at radius 1 is 1.21 bits per heavy atom. The summed E-state index contributed by atoms with van der Waals surface area (Å²) in [5.41, 5.74) is 1.75. The minimum absolute atomic E-state index is 0. The van der Waals surface area contributed by atoms with Gasteiger partial charge in [0.15, 0.2) is 5.96 Å². The fourth-order valence-corrected chi connectivity index (χ4v) is 3.76. The van der Waals surface area contributed by atoms with Crippen molar-refractivity contribution < 1.29 is 13.9 Å². The van der Waals surface area contributed by atoms with E-state index in [1.165, 1.54) is 12.1 Å². The zero-order chi connectivity index (χ0) is 22.8. The number of para-hydroxylation sites is 2. The molecule has 1 atom stereocenters. The molecule has 0 saturated carbocycles. The summed E-state index contributed by atoms with van der Waals surface area (Å²) >= 11 is 0. The molecule has 1 fully saturated rings. The molecular weight excluding hydrogens is 536 g/mol. The average molecular weight is 569 g/mol. The molecule has 1 aliphatic heterocycles. The molecule has 7 nitrogen and oxygen atoms in total. The van der Waals surface area contributed by atoms with Gasteiger partial charge in [-0.05, 0) is 43.2 Å². The third-order valence-electron chi connectivity index (χ3n) is 5.26. The molecule has 2 aromatic carbocycles. The molecule has 9 heteroatoms. The first kappa shape index (κ1) is 26.7. The fraction of sp³-hybridized carbons (Fsp3) is 0.417. The van der Waals surface area contributed by atoms with Crippen molar-refractivity contribution in [1.29, 1.82) is 0 Å². The Bertz CT molecular complexity index is 927. The number of ether oxygens (including phenoxy) is 1. The van der Waals surface area contributed by atoms with Crippen LogP contribution in [-0.2, 0) is 11.2 Å². The van der Waals surface area contributed by atoms with Crippen molar-refractivity contribution in [2.75, 3.05) is 44.7 Å². The lowest BCUT2D eigenvalue weighted by molar-refractivity contribution is -0.120. The second-order valence-electron chi connectivity index (χ2n) is 7.67. The van der Waals surface area contributed by atoms with Crippen molar-refractivity contribution in [1.82, 2.24) is 16.0 Å². The molecule has 1 heterocycles. The maximum Gasteiger partial charge on any atom is 0.224 e. The van der Waals surface area contributed by atoms with E-state index in [0.29, 0.717) is 18.7 Å². The van der Waals surface area contributed by atoms with Crippen LogP contribution in [0.15, 0.2) is 53.5 Å². The maximum atomic E-state index is 13.2. The molecule has 180 valence electrons. The van der Waals surface area contributed by atoms with Gasteiger partial charge in [-0.15, -0.1) is 24.0 Å². The monoisotopic (exact) mass is 569 g/mol. The Labute approximate surface area is 212 Å². The van der Waals surface area contributed by atoms with Gasteiger partial charge in [0.1, 0.15) is 11.6 Å². The number of carbonyl (C=O) groups excluding carboxylic acids is 1. The van der Waals surface area contributed by atoms with Crippen LogP contribution in [0.25, 0.3) is 0 Å². The minimum atomic E-state index is -0.336. The van der Waals surface area contributed by atoms with Crippen molar-refractivity contribution in [3.8, 4) is 5.75 Å². The van der Waals surface area contributed by atoms with E-state index < -0.39 is 0 Å². The summed E-state index contributed by atoms with van der Waals surface area (Å²) in [5, 5.41) is 9.59. The number of halogens is 2. The first-order valence-corrected chi connectivity index (χ1v) is 11.0. The van der Waals surface area contributed by atoms with E-state index in [1.54, 1.807) is 19.2 Å². The molecule has 1 amide bonds. The Balaban J connectivity index is 0.00000385. The van der Waals surface area contributed by atoms with Crippen LogP contribution in [0, 0.1) is 5.82 Å². The number of rotatable bonds is 9. The third kappa shape index (κ3) is 8.38. The normalized spacial score (nSPS) is 15.5. The first-order valence-electron chi connectivity index (χ1n) is 11.0. The van der Waals surface area contributed by atoms with Gasteiger partial charge in [0, 0.05) is 32.2 Å². The topological polar surface area (TPSA) is 78.0 Å². The van der Waals surface area contributed by atoms with Crippen molar-refractivity contribution in [2.45, 2.75) is 25.8 Å². The highest BCUT2D eigenvalue weighted by Crippen LogP contribution is 2.30. The minimum Gasteiger partial charge on any atom is -0.495 e. The smallest absolute Gasteiger partial charge is 0.224 e. The van der Waals surface area contributed by atoms with Gasteiger partial charge < -0.3 is 25.6 Å². The average Bonchev–Trinajstić information content (AvgIpc) is 3.25. The number of carbonyl (C=O) groups is 1. The molecule has 0 aromatic heterocycles. The van der Waals surface area contributed by atoms with E-state index >= 15 is 0 Å². The van der Waals surface area contributed by atoms with E-state index in [1.807, 2.05) is 25.1 Å². The molecule has 1 saturated heterocycles. The van der Waals surface area contributed by atoms with Gasteiger partial charge in [0.2, 0.25) is 5.91 Å². The number of amides is 1. The van der Waals surface area contributed by atoms with Crippen LogP contribution in [0.4, 0.5) is 10.1 Å². The second kappa shape index (κ2) is 13.9. The van der Waals surface area contributed by atoms with Gasteiger partial charge in [0.05, 0.1) is 25.8 Å². The SMILES string of the molecule is CCNC(=NCCNC(=O)Cc1cccc(F)c1)NC1CCN(c2ccccc2OC)C1.I. The van der Waals surface area contributed by atoms with Crippen LogP contribution in [0.3, 0.4) is 0 Å². The fourth-order valence-electron chi connectivity index (χ4n) is 3.76. The highest BCUT2D eigenvalue weighted by Gasteiger charge is 2.25. The molecule has 1 aliphatic rings. The number of benzene rings is 2.